The summed E-state index contributed by atoms with van der Waals surface area (Å²) in [4.78, 5) is 26.1. The van der Waals surface area contributed by atoms with Crippen molar-refractivity contribution in [3.8, 4) is 0 Å². The first-order valence-corrected chi connectivity index (χ1v) is 10.5. The zero-order valence-electron chi connectivity index (χ0n) is 14.6. The number of hydrogen-bond acceptors (Lipinski definition) is 9. The minimum absolute atomic E-state index is 0.00445. The van der Waals surface area contributed by atoms with E-state index in [9.17, 15) is 4.79 Å². The van der Waals surface area contributed by atoms with Crippen LogP contribution in [0, 0.1) is 0 Å². The summed E-state index contributed by atoms with van der Waals surface area (Å²) in [6, 6.07) is 5.91. The molecule has 4 rings (SSSR count). The quantitative estimate of drug-likeness (QED) is 0.668. The van der Waals surface area contributed by atoms with Crippen molar-refractivity contribution in [3.05, 3.63) is 18.2 Å². The van der Waals surface area contributed by atoms with Crippen LogP contribution in [0.1, 0.15) is 32.1 Å². The number of anilines is 1. The number of rotatable bonds is 4. The minimum Gasteiger partial charge on any atom is -0.481 e. The molecule has 1 aliphatic carbocycles. The molecule has 1 spiro atoms. The van der Waals surface area contributed by atoms with Gasteiger partial charge in [0.05, 0.1) is 16.0 Å². The molecule has 10 heteroatoms. The molecule has 27 heavy (non-hydrogen) atoms. The molecule has 0 saturated heterocycles. The van der Waals surface area contributed by atoms with Gasteiger partial charge in [0.25, 0.3) is 0 Å². The molecule has 2 aliphatic rings. The molecule has 2 aromatic rings. The van der Waals surface area contributed by atoms with Gasteiger partial charge >= 0.3 is 5.97 Å². The Morgan fingerprint density at radius 1 is 1.30 bits per heavy atom. The van der Waals surface area contributed by atoms with Crippen LogP contribution in [0.15, 0.2) is 32.5 Å². The average molecular weight is 405 g/mol. The summed E-state index contributed by atoms with van der Waals surface area (Å²) in [5.74, 6) is -0.271. The van der Waals surface area contributed by atoms with Gasteiger partial charge < -0.3 is 16.6 Å². The molecule has 8 nitrogen and oxygen atoms in total. The van der Waals surface area contributed by atoms with Crippen LogP contribution in [-0.2, 0) is 4.79 Å². The van der Waals surface area contributed by atoms with Gasteiger partial charge in [-0.3, -0.25) is 9.69 Å². The highest BCUT2D eigenvalue weighted by atomic mass is 32.2. The van der Waals surface area contributed by atoms with Crippen molar-refractivity contribution in [3.63, 3.8) is 0 Å². The summed E-state index contributed by atoms with van der Waals surface area (Å²) in [7, 11) is 0. The van der Waals surface area contributed by atoms with Gasteiger partial charge in [-0.1, -0.05) is 18.2 Å². The normalized spacial score (nSPS) is 19.2. The Bertz CT molecular complexity index is 948. The number of aromatic nitrogens is 1. The highest BCUT2D eigenvalue weighted by molar-refractivity contribution is 8.01. The van der Waals surface area contributed by atoms with Crippen molar-refractivity contribution in [2.24, 2.45) is 21.5 Å². The van der Waals surface area contributed by atoms with Crippen LogP contribution in [0.25, 0.3) is 10.2 Å². The number of nitrogens with zero attached hydrogens (tertiary/aromatic N) is 4. The van der Waals surface area contributed by atoms with E-state index in [1.807, 2.05) is 23.1 Å². The lowest BCUT2D eigenvalue weighted by Gasteiger charge is -2.45. The van der Waals surface area contributed by atoms with E-state index < -0.39 is 11.6 Å². The second kappa shape index (κ2) is 7.01. The number of aliphatic carboxylic acids is 1. The lowest BCUT2D eigenvalue weighted by Crippen LogP contribution is -2.58. The van der Waals surface area contributed by atoms with Crippen molar-refractivity contribution in [1.82, 2.24) is 4.98 Å². The van der Waals surface area contributed by atoms with Crippen LogP contribution in [0.5, 0.6) is 0 Å². The Kier molecular flexibility index (Phi) is 4.68. The van der Waals surface area contributed by atoms with E-state index in [-0.39, 0.29) is 11.7 Å². The fraction of sp³-hybridized carbons (Fsp3) is 0.412. The molecule has 0 amide bonds. The Hall–Kier alpha value is -2.33. The maximum Gasteiger partial charge on any atom is 0.313 e. The van der Waals surface area contributed by atoms with Gasteiger partial charge in [-0.05, 0) is 43.9 Å². The number of fused-ring (bicyclic) bond motifs is 1. The fourth-order valence-electron chi connectivity index (χ4n) is 3.71. The van der Waals surface area contributed by atoms with Gasteiger partial charge in [-0.25, -0.2) is 9.98 Å². The van der Waals surface area contributed by atoms with E-state index in [1.165, 1.54) is 29.5 Å². The third-order valence-electron chi connectivity index (χ3n) is 4.78. The van der Waals surface area contributed by atoms with Crippen molar-refractivity contribution in [2.45, 2.75) is 42.1 Å². The number of carboxylic acids is 1. The molecule has 0 bridgehead atoms. The highest BCUT2D eigenvalue weighted by Crippen LogP contribution is 2.41. The van der Waals surface area contributed by atoms with Crippen LogP contribution < -0.4 is 16.4 Å². The zero-order valence-corrected chi connectivity index (χ0v) is 16.2. The predicted octanol–water partition coefficient (Wildman–Crippen LogP) is 2.58. The third-order valence-corrected chi connectivity index (χ3v) is 6.93. The largest absolute Gasteiger partial charge is 0.481 e. The second-order valence-electron chi connectivity index (χ2n) is 6.63. The smallest absolute Gasteiger partial charge is 0.313 e. The Labute approximate surface area is 164 Å². The van der Waals surface area contributed by atoms with Crippen LogP contribution >= 0.6 is 23.1 Å². The minimum atomic E-state index is -0.855. The van der Waals surface area contributed by atoms with Crippen molar-refractivity contribution in [1.29, 1.82) is 0 Å². The molecule has 0 atom stereocenters. The van der Waals surface area contributed by atoms with Gasteiger partial charge in [0.15, 0.2) is 4.34 Å². The van der Waals surface area contributed by atoms with Crippen LogP contribution in [0.3, 0.4) is 0 Å². The molecule has 2 heterocycles. The summed E-state index contributed by atoms with van der Waals surface area (Å²) in [5.41, 5.74) is 13.5. The Morgan fingerprint density at radius 3 is 2.81 bits per heavy atom. The molecule has 1 saturated carbocycles. The molecule has 1 aromatic carbocycles. The first-order chi connectivity index (χ1) is 13.0. The van der Waals surface area contributed by atoms with E-state index in [4.69, 9.17) is 16.6 Å². The van der Waals surface area contributed by atoms with E-state index in [0.29, 0.717) is 5.96 Å². The average Bonchev–Trinajstić information content (AvgIpc) is 3.02. The van der Waals surface area contributed by atoms with Gasteiger partial charge in [-0.2, -0.15) is 4.99 Å². The summed E-state index contributed by atoms with van der Waals surface area (Å²) in [6.45, 7) is 0. The SMILES string of the molecule is NC1=NC2(CCCCC2)N(c2ccc3nc(SCC(=O)O)sc3c2)C(N)=N1. The van der Waals surface area contributed by atoms with Crippen LogP contribution in [0.2, 0.25) is 0 Å². The van der Waals surface area contributed by atoms with Gasteiger partial charge in [0.1, 0.15) is 5.66 Å². The molecule has 0 radical (unpaired) electrons. The molecular weight excluding hydrogens is 384 g/mol. The topological polar surface area (TPSA) is 130 Å². The standard InChI is InChI=1S/C17H20N6O2S2/c18-14-21-15(19)23(17(22-14)6-2-1-3-7-17)10-4-5-11-12(8-10)27-16(20-11)26-9-13(24)25/h4-5,8H,1-3,6-7,9H2,(H,24,25)(H4,18,19,21,22). The van der Waals surface area contributed by atoms with E-state index in [1.54, 1.807) is 0 Å². The molecule has 1 aliphatic heterocycles. The van der Waals surface area contributed by atoms with Crippen molar-refractivity contribution < 1.29 is 9.90 Å². The number of thiazole rings is 1. The fourth-order valence-corrected chi connectivity index (χ4v) is 5.53. The number of nitrogens with two attached hydrogens (primary N) is 2. The Balaban J connectivity index is 1.71. The first-order valence-electron chi connectivity index (χ1n) is 8.72. The lowest BCUT2D eigenvalue weighted by molar-refractivity contribution is -0.133. The lowest BCUT2D eigenvalue weighted by atomic mass is 9.87. The zero-order chi connectivity index (χ0) is 19.0. The summed E-state index contributed by atoms with van der Waals surface area (Å²) in [5, 5.41) is 8.85. The highest BCUT2D eigenvalue weighted by Gasteiger charge is 2.42. The molecule has 1 aromatic heterocycles. The van der Waals surface area contributed by atoms with Gasteiger partial charge in [0.2, 0.25) is 11.9 Å². The second-order valence-corrected chi connectivity index (χ2v) is 8.89. The number of guanidine groups is 2. The number of aliphatic imine (C=N–C) groups is 2. The van der Waals surface area contributed by atoms with Crippen LogP contribution in [0.4, 0.5) is 5.69 Å². The number of thioether (sulfide) groups is 1. The van der Waals surface area contributed by atoms with Gasteiger partial charge in [0, 0.05) is 5.69 Å². The Morgan fingerprint density at radius 2 is 2.07 bits per heavy atom. The summed E-state index contributed by atoms with van der Waals surface area (Å²) in [6.07, 6.45) is 5.08. The van der Waals surface area contributed by atoms with E-state index >= 15 is 0 Å². The molecule has 0 unspecified atom stereocenters. The molecule has 5 N–H and O–H groups in total. The first kappa shape index (κ1) is 18.1. The molecule has 1 fully saturated rings. The predicted molar refractivity (Wildman–Crippen MR) is 110 cm³/mol. The molecule has 142 valence electrons. The third kappa shape index (κ3) is 3.46. The summed E-state index contributed by atoms with van der Waals surface area (Å²) < 4.78 is 1.71. The number of hydrogen-bond donors (Lipinski definition) is 3. The number of carboxylic acid groups (broad SMARTS) is 1. The maximum atomic E-state index is 10.8. The monoisotopic (exact) mass is 404 g/mol. The van der Waals surface area contributed by atoms with Crippen molar-refractivity contribution >= 4 is 56.9 Å². The molecular formula is C17H20N6O2S2. The van der Waals surface area contributed by atoms with Crippen molar-refractivity contribution in [2.75, 3.05) is 10.7 Å². The number of benzene rings is 1. The van der Waals surface area contributed by atoms with E-state index in [2.05, 4.69) is 15.0 Å². The van der Waals surface area contributed by atoms with E-state index in [0.717, 1.165) is 45.9 Å². The maximum absolute atomic E-state index is 10.8. The summed E-state index contributed by atoms with van der Waals surface area (Å²) >= 11 is 2.70. The number of carbonyl (C=O) groups is 1. The van der Waals surface area contributed by atoms with Gasteiger partial charge in [-0.15, -0.1) is 11.3 Å². The van der Waals surface area contributed by atoms with Crippen LogP contribution in [-0.4, -0.2) is 39.4 Å².